The normalized spacial score (nSPS) is 10.7. The Morgan fingerprint density at radius 1 is 1.25 bits per heavy atom. The van der Waals surface area contributed by atoms with E-state index in [0.29, 0.717) is 23.4 Å². The van der Waals surface area contributed by atoms with Crippen LogP contribution in [0, 0.1) is 17.7 Å². The van der Waals surface area contributed by atoms with Crippen LogP contribution in [0.4, 0.5) is 4.39 Å². The number of hydrogen-bond acceptors (Lipinski definition) is 3. The third-order valence-electron chi connectivity index (χ3n) is 3.40. The maximum absolute atomic E-state index is 13.1. The molecule has 0 atom stereocenters. The van der Waals surface area contributed by atoms with Crippen molar-refractivity contribution in [1.82, 2.24) is 10.3 Å². The van der Waals surface area contributed by atoms with Crippen molar-refractivity contribution in [2.24, 2.45) is 0 Å². The number of carbonyl (C=O) groups is 1. The van der Waals surface area contributed by atoms with Crippen molar-refractivity contribution in [3.05, 3.63) is 65.2 Å². The molecule has 1 amide bonds. The summed E-state index contributed by atoms with van der Waals surface area (Å²) >= 11 is 0. The lowest BCUT2D eigenvalue weighted by molar-refractivity contribution is 0.0228. The van der Waals surface area contributed by atoms with Gasteiger partial charge < -0.3 is 10.1 Å². The van der Waals surface area contributed by atoms with Gasteiger partial charge in [-0.15, -0.1) is 0 Å². The molecule has 24 heavy (non-hydrogen) atoms. The van der Waals surface area contributed by atoms with E-state index in [4.69, 9.17) is 4.74 Å². The minimum atomic E-state index is -0.438. The molecule has 1 aromatic heterocycles. The number of amides is 1. The molecular weight excluding hydrogens is 307 g/mol. The van der Waals surface area contributed by atoms with Gasteiger partial charge in [0, 0.05) is 31.0 Å². The first-order chi connectivity index (χ1) is 11.4. The molecule has 0 radical (unpaired) electrons. The van der Waals surface area contributed by atoms with Crippen LogP contribution in [0.2, 0.25) is 0 Å². The zero-order chi connectivity index (χ0) is 17.6. The fourth-order valence-electron chi connectivity index (χ4n) is 1.77. The monoisotopic (exact) mass is 326 g/mol. The van der Waals surface area contributed by atoms with Crippen LogP contribution in [0.15, 0.2) is 42.6 Å². The maximum Gasteiger partial charge on any atom is 0.269 e. The zero-order valence-corrected chi connectivity index (χ0v) is 13.9. The average molecular weight is 326 g/mol. The summed E-state index contributed by atoms with van der Waals surface area (Å²) in [5.41, 5.74) is 1.09. The number of hydrogen-bond donors (Lipinski definition) is 1. The first-order valence-electron chi connectivity index (χ1n) is 7.47. The van der Waals surface area contributed by atoms with Gasteiger partial charge in [0.15, 0.2) is 0 Å². The highest BCUT2D eigenvalue weighted by Crippen LogP contribution is 2.06. The number of nitrogens with one attached hydrogen (secondary N) is 1. The Morgan fingerprint density at radius 2 is 2.00 bits per heavy atom. The third kappa shape index (κ3) is 5.18. The SMILES string of the molecule is COC(C)(C)CNC(=O)c1ccc(C#Cc2cccc(F)c2)cn1. The number of halogens is 1. The summed E-state index contributed by atoms with van der Waals surface area (Å²) in [6.45, 7) is 4.14. The Morgan fingerprint density at radius 3 is 2.62 bits per heavy atom. The Hall–Kier alpha value is -2.71. The molecule has 0 fully saturated rings. The van der Waals surface area contributed by atoms with Crippen molar-refractivity contribution < 1.29 is 13.9 Å². The van der Waals surface area contributed by atoms with Crippen LogP contribution >= 0.6 is 0 Å². The van der Waals surface area contributed by atoms with E-state index in [1.165, 1.54) is 18.3 Å². The summed E-state index contributed by atoms with van der Waals surface area (Å²) in [6, 6.07) is 9.36. The van der Waals surface area contributed by atoms with Gasteiger partial charge >= 0.3 is 0 Å². The molecule has 5 heteroatoms. The first kappa shape index (κ1) is 17.6. The Balaban J connectivity index is 2.02. The summed E-state index contributed by atoms with van der Waals surface area (Å²) in [5, 5.41) is 2.77. The van der Waals surface area contributed by atoms with Gasteiger partial charge in [-0.05, 0) is 44.2 Å². The second-order valence-electron chi connectivity index (χ2n) is 5.84. The number of aromatic nitrogens is 1. The van der Waals surface area contributed by atoms with Gasteiger partial charge in [0.2, 0.25) is 0 Å². The van der Waals surface area contributed by atoms with Crippen molar-refractivity contribution in [3.63, 3.8) is 0 Å². The van der Waals surface area contributed by atoms with Crippen LogP contribution in [0.5, 0.6) is 0 Å². The molecule has 0 bridgehead atoms. The minimum absolute atomic E-state index is 0.273. The van der Waals surface area contributed by atoms with Crippen molar-refractivity contribution >= 4 is 5.91 Å². The fourth-order valence-corrected chi connectivity index (χ4v) is 1.77. The average Bonchev–Trinajstić information content (AvgIpc) is 2.58. The molecule has 1 aromatic carbocycles. The van der Waals surface area contributed by atoms with Gasteiger partial charge in [0.25, 0.3) is 5.91 Å². The van der Waals surface area contributed by atoms with Gasteiger partial charge in [-0.1, -0.05) is 17.9 Å². The predicted octanol–water partition coefficient (Wildman–Crippen LogP) is 2.78. The third-order valence-corrected chi connectivity index (χ3v) is 3.40. The summed E-state index contributed by atoms with van der Waals surface area (Å²) in [6.07, 6.45) is 1.52. The lowest BCUT2D eigenvalue weighted by Gasteiger charge is -2.22. The van der Waals surface area contributed by atoms with E-state index in [-0.39, 0.29) is 11.7 Å². The van der Waals surface area contributed by atoms with Gasteiger partial charge in [0.1, 0.15) is 11.5 Å². The Kier molecular flexibility index (Phi) is 5.67. The first-order valence-corrected chi connectivity index (χ1v) is 7.47. The Bertz CT molecular complexity index is 774. The van der Waals surface area contributed by atoms with E-state index in [2.05, 4.69) is 22.1 Å². The van der Waals surface area contributed by atoms with Crippen LogP contribution in [-0.2, 0) is 4.74 Å². The van der Waals surface area contributed by atoms with Crippen LogP contribution < -0.4 is 5.32 Å². The van der Waals surface area contributed by atoms with E-state index in [1.54, 1.807) is 31.4 Å². The molecule has 0 saturated carbocycles. The molecule has 0 unspecified atom stereocenters. The Labute approximate surface area is 141 Å². The zero-order valence-electron chi connectivity index (χ0n) is 13.9. The van der Waals surface area contributed by atoms with Gasteiger partial charge in [-0.2, -0.15) is 0 Å². The largest absolute Gasteiger partial charge is 0.377 e. The van der Waals surface area contributed by atoms with Crippen LogP contribution in [0.3, 0.4) is 0 Å². The number of ether oxygens (including phenoxy) is 1. The van der Waals surface area contributed by atoms with E-state index < -0.39 is 5.60 Å². The van der Waals surface area contributed by atoms with E-state index in [0.717, 1.165) is 0 Å². The standard InChI is InChI=1S/C19H19FN2O2/c1-19(2,24-3)13-22-18(23)17-10-9-15(12-21-17)8-7-14-5-4-6-16(20)11-14/h4-6,9-12H,13H2,1-3H3,(H,22,23). The van der Waals surface area contributed by atoms with Crippen LogP contribution in [-0.4, -0.2) is 30.1 Å². The summed E-state index contributed by atoms with van der Waals surface area (Å²) in [4.78, 5) is 16.1. The highest BCUT2D eigenvalue weighted by atomic mass is 19.1. The molecule has 0 aliphatic heterocycles. The lowest BCUT2D eigenvalue weighted by Crippen LogP contribution is -2.39. The molecule has 2 rings (SSSR count). The molecule has 0 aliphatic rings. The van der Waals surface area contributed by atoms with Crippen molar-refractivity contribution in [1.29, 1.82) is 0 Å². The molecule has 4 nitrogen and oxygen atoms in total. The smallest absolute Gasteiger partial charge is 0.269 e. The number of benzene rings is 1. The number of pyridine rings is 1. The summed E-state index contributed by atoms with van der Waals surface area (Å²) in [5.74, 6) is 5.14. The van der Waals surface area contributed by atoms with E-state index in [9.17, 15) is 9.18 Å². The summed E-state index contributed by atoms with van der Waals surface area (Å²) in [7, 11) is 1.59. The van der Waals surface area contributed by atoms with Crippen molar-refractivity contribution in [2.75, 3.05) is 13.7 Å². The van der Waals surface area contributed by atoms with Gasteiger partial charge in [0.05, 0.1) is 5.60 Å². The highest BCUT2D eigenvalue weighted by molar-refractivity contribution is 5.92. The maximum atomic E-state index is 13.1. The molecule has 0 saturated heterocycles. The van der Waals surface area contributed by atoms with Gasteiger partial charge in [-0.3, -0.25) is 4.79 Å². The van der Waals surface area contributed by atoms with Crippen LogP contribution in [0.1, 0.15) is 35.5 Å². The van der Waals surface area contributed by atoms with Crippen molar-refractivity contribution in [2.45, 2.75) is 19.4 Å². The van der Waals surface area contributed by atoms with Crippen molar-refractivity contribution in [3.8, 4) is 11.8 Å². The molecule has 1 N–H and O–H groups in total. The second kappa shape index (κ2) is 7.71. The predicted molar refractivity (Wildman–Crippen MR) is 90.0 cm³/mol. The molecule has 124 valence electrons. The quantitative estimate of drug-likeness (QED) is 0.879. The van der Waals surface area contributed by atoms with Gasteiger partial charge in [-0.25, -0.2) is 9.37 Å². The molecular formula is C19H19FN2O2. The number of carbonyl (C=O) groups excluding carboxylic acids is 1. The van der Waals surface area contributed by atoms with Crippen LogP contribution in [0.25, 0.3) is 0 Å². The second-order valence-corrected chi connectivity index (χ2v) is 5.84. The number of nitrogens with zero attached hydrogens (tertiary/aromatic N) is 1. The molecule has 0 spiro atoms. The van der Waals surface area contributed by atoms with E-state index >= 15 is 0 Å². The lowest BCUT2D eigenvalue weighted by atomic mass is 10.1. The summed E-state index contributed by atoms with van der Waals surface area (Å²) < 4.78 is 18.3. The highest BCUT2D eigenvalue weighted by Gasteiger charge is 2.18. The number of methoxy groups -OCH3 is 1. The molecule has 0 aliphatic carbocycles. The van der Waals surface area contributed by atoms with E-state index in [1.807, 2.05) is 13.8 Å². The minimum Gasteiger partial charge on any atom is -0.377 e. The topological polar surface area (TPSA) is 51.2 Å². The number of rotatable bonds is 4. The molecule has 2 aromatic rings. The molecule has 1 heterocycles. The fraction of sp³-hybridized carbons (Fsp3) is 0.263.